The average molecular weight is 273 g/mol. The molecule has 0 bridgehead atoms. The Hall–Kier alpha value is -1.47. The SMILES string of the molecule is NCc1cc(Sc2ncc[nH]2)ccc1C(F)(F)F. The second kappa shape index (κ2) is 5.03. The molecule has 0 aliphatic rings. The summed E-state index contributed by atoms with van der Waals surface area (Å²) in [5, 5.41) is 0.623. The molecule has 0 amide bonds. The molecule has 0 saturated heterocycles. The van der Waals surface area contributed by atoms with E-state index >= 15 is 0 Å². The molecule has 18 heavy (non-hydrogen) atoms. The molecule has 7 heteroatoms. The van der Waals surface area contributed by atoms with Crippen molar-refractivity contribution in [2.45, 2.75) is 22.8 Å². The molecule has 1 aromatic heterocycles. The molecule has 3 nitrogen and oxygen atoms in total. The first kappa shape index (κ1) is 13.0. The first-order chi connectivity index (χ1) is 8.50. The summed E-state index contributed by atoms with van der Waals surface area (Å²) in [7, 11) is 0. The van der Waals surface area contributed by atoms with Gasteiger partial charge in [0.2, 0.25) is 0 Å². The van der Waals surface area contributed by atoms with Crippen molar-refractivity contribution in [2.24, 2.45) is 5.73 Å². The van der Waals surface area contributed by atoms with Gasteiger partial charge in [0.25, 0.3) is 0 Å². The Labute approximate surface area is 106 Å². The van der Waals surface area contributed by atoms with Gasteiger partial charge in [-0.25, -0.2) is 4.98 Å². The summed E-state index contributed by atoms with van der Waals surface area (Å²) in [6.07, 6.45) is -1.14. The van der Waals surface area contributed by atoms with Crippen molar-refractivity contribution in [3.63, 3.8) is 0 Å². The Balaban J connectivity index is 2.30. The van der Waals surface area contributed by atoms with Crippen molar-refractivity contribution in [2.75, 3.05) is 0 Å². The molecule has 0 atom stereocenters. The van der Waals surface area contributed by atoms with Crippen molar-refractivity contribution >= 4 is 11.8 Å². The van der Waals surface area contributed by atoms with Gasteiger partial charge in [-0.1, -0.05) is 11.8 Å². The summed E-state index contributed by atoms with van der Waals surface area (Å²) in [4.78, 5) is 7.52. The predicted octanol–water partition coefficient (Wildman–Crippen LogP) is 3.04. The van der Waals surface area contributed by atoms with E-state index in [9.17, 15) is 13.2 Å². The van der Waals surface area contributed by atoms with Crippen LogP contribution in [0.5, 0.6) is 0 Å². The molecule has 0 radical (unpaired) electrons. The molecule has 3 N–H and O–H groups in total. The number of benzene rings is 1. The molecular weight excluding hydrogens is 263 g/mol. The molecule has 2 rings (SSSR count). The van der Waals surface area contributed by atoms with Gasteiger partial charge in [0, 0.05) is 23.8 Å². The molecule has 0 spiro atoms. The third-order valence-corrected chi connectivity index (χ3v) is 3.20. The highest BCUT2D eigenvalue weighted by molar-refractivity contribution is 7.99. The highest BCUT2D eigenvalue weighted by Crippen LogP contribution is 2.35. The normalized spacial score (nSPS) is 11.8. The predicted molar refractivity (Wildman–Crippen MR) is 62.0 cm³/mol. The largest absolute Gasteiger partial charge is 0.416 e. The monoisotopic (exact) mass is 273 g/mol. The Kier molecular flexibility index (Phi) is 3.63. The van der Waals surface area contributed by atoms with Gasteiger partial charge in [0.05, 0.1) is 5.56 Å². The number of imidazole rings is 1. The quantitative estimate of drug-likeness (QED) is 0.903. The molecule has 0 aliphatic heterocycles. The molecular formula is C11H10F3N3S. The molecule has 0 fully saturated rings. The minimum absolute atomic E-state index is 0.0825. The summed E-state index contributed by atoms with van der Waals surface area (Å²) < 4.78 is 38.0. The fourth-order valence-electron chi connectivity index (χ4n) is 1.50. The Morgan fingerprint density at radius 3 is 2.67 bits per heavy atom. The summed E-state index contributed by atoms with van der Waals surface area (Å²) >= 11 is 1.25. The van der Waals surface area contributed by atoms with Crippen LogP contribution in [-0.4, -0.2) is 9.97 Å². The lowest BCUT2D eigenvalue weighted by molar-refractivity contribution is -0.138. The van der Waals surface area contributed by atoms with Gasteiger partial charge in [-0.3, -0.25) is 0 Å². The zero-order valence-corrected chi connectivity index (χ0v) is 9.98. The van der Waals surface area contributed by atoms with Crippen molar-refractivity contribution in [3.8, 4) is 0 Å². The van der Waals surface area contributed by atoms with Gasteiger partial charge in [-0.2, -0.15) is 13.2 Å². The van der Waals surface area contributed by atoms with E-state index in [1.54, 1.807) is 12.4 Å². The van der Waals surface area contributed by atoms with Crippen LogP contribution < -0.4 is 5.73 Å². The molecule has 1 aromatic carbocycles. The van der Waals surface area contributed by atoms with Crippen LogP contribution in [0.1, 0.15) is 11.1 Å². The highest BCUT2D eigenvalue weighted by Gasteiger charge is 2.32. The van der Waals surface area contributed by atoms with Gasteiger partial charge >= 0.3 is 6.18 Å². The van der Waals surface area contributed by atoms with Gasteiger partial charge in [-0.15, -0.1) is 0 Å². The van der Waals surface area contributed by atoms with E-state index in [1.165, 1.54) is 23.9 Å². The van der Waals surface area contributed by atoms with E-state index in [-0.39, 0.29) is 12.1 Å². The lowest BCUT2D eigenvalue weighted by Crippen LogP contribution is -2.11. The van der Waals surface area contributed by atoms with Gasteiger partial charge in [0.1, 0.15) is 0 Å². The molecule has 0 unspecified atom stereocenters. The number of aromatic nitrogens is 2. The number of nitrogens with two attached hydrogens (primary N) is 1. The van der Waals surface area contributed by atoms with Crippen LogP contribution in [0.2, 0.25) is 0 Å². The average Bonchev–Trinajstić information content (AvgIpc) is 2.80. The van der Waals surface area contributed by atoms with Crippen LogP contribution in [0, 0.1) is 0 Å². The van der Waals surface area contributed by atoms with Crippen molar-refractivity contribution < 1.29 is 13.2 Å². The highest BCUT2D eigenvalue weighted by atomic mass is 32.2. The Morgan fingerprint density at radius 2 is 2.11 bits per heavy atom. The number of rotatable bonds is 3. The van der Waals surface area contributed by atoms with E-state index < -0.39 is 11.7 Å². The van der Waals surface area contributed by atoms with E-state index in [1.807, 2.05) is 0 Å². The van der Waals surface area contributed by atoms with Crippen LogP contribution in [0.4, 0.5) is 13.2 Å². The number of hydrogen-bond acceptors (Lipinski definition) is 3. The number of nitrogens with one attached hydrogen (secondary N) is 1. The van der Waals surface area contributed by atoms with Crippen molar-refractivity contribution in [3.05, 3.63) is 41.7 Å². The second-order valence-corrected chi connectivity index (χ2v) is 4.58. The number of halogens is 3. The second-order valence-electron chi connectivity index (χ2n) is 3.52. The summed E-state index contributed by atoms with van der Waals surface area (Å²) in [5.41, 5.74) is 4.75. The lowest BCUT2D eigenvalue weighted by atomic mass is 10.1. The minimum atomic E-state index is -4.37. The topological polar surface area (TPSA) is 54.7 Å². The minimum Gasteiger partial charge on any atom is -0.339 e. The van der Waals surface area contributed by atoms with Crippen LogP contribution in [-0.2, 0) is 12.7 Å². The van der Waals surface area contributed by atoms with E-state index in [0.29, 0.717) is 10.1 Å². The summed E-state index contributed by atoms with van der Waals surface area (Å²) in [6.45, 7) is -0.151. The van der Waals surface area contributed by atoms with E-state index in [4.69, 9.17) is 5.73 Å². The fraction of sp³-hybridized carbons (Fsp3) is 0.182. The molecule has 2 aromatic rings. The van der Waals surface area contributed by atoms with Crippen molar-refractivity contribution in [1.82, 2.24) is 9.97 Å². The molecule has 0 saturated carbocycles. The van der Waals surface area contributed by atoms with Crippen LogP contribution in [0.25, 0.3) is 0 Å². The Bertz CT molecular complexity index is 523. The number of hydrogen-bond donors (Lipinski definition) is 2. The first-order valence-electron chi connectivity index (χ1n) is 5.08. The van der Waals surface area contributed by atoms with Gasteiger partial charge in [-0.05, 0) is 23.8 Å². The summed E-state index contributed by atoms with van der Waals surface area (Å²) in [6, 6.07) is 3.90. The summed E-state index contributed by atoms with van der Waals surface area (Å²) in [5.74, 6) is 0. The maximum Gasteiger partial charge on any atom is 0.416 e. The van der Waals surface area contributed by atoms with Crippen LogP contribution in [0.15, 0.2) is 40.6 Å². The van der Waals surface area contributed by atoms with E-state index in [2.05, 4.69) is 9.97 Å². The smallest absolute Gasteiger partial charge is 0.339 e. The number of alkyl halides is 3. The number of H-pyrrole nitrogens is 1. The molecule has 0 aliphatic carbocycles. The van der Waals surface area contributed by atoms with Gasteiger partial charge in [0.15, 0.2) is 5.16 Å². The van der Waals surface area contributed by atoms with Crippen LogP contribution in [0.3, 0.4) is 0 Å². The molecule has 96 valence electrons. The number of nitrogens with zero attached hydrogens (tertiary/aromatic N) is 1. The third-order valence-electron chi connectivity index (χ3n) is 2.29. The zero-order chi connectivity index (χ0) is 13.2. The van der Waals surface area contributed by atoms with Crippen molar-refractivity contribution in [1.29, 1.82) is 0 Å². The maximum atomic E-state index is 12.7. The maximum absolute atomic E-state index is 12.7. The third kappa shape index (κ3) is 2.85. The number of aromatic amines is 1. The first-order valence-corrected chi connectivity index (χ1v) is 5.90. The van der Waals surface area contributed by atoms with E-state index in [0.717, 1.165) is 6.07 Å². The fourth-order valence-corrected chi connectivity index (χ4v) is 2.30. The molecule has 1 heterocycles. The standard InChI is InChI=1S/C11H10F3N3S/c12-11(13,14)9-2-1-8(5-7(9)6-15)18-10-16-3-4-17-10/h1-5H,6,15H2,(H,16,17). The Morgan fingerprint density at radius 1 is 1.33 bits per heavy atom. The van der Waals surface area contributed by atoms with Gasteiger partial charge < -0.3 is 10.7 Å². The lowest BCUT2D eigenvalue weighted by Gasteiger charge is -2.12. The van der Waals surface area contributed by atoms with Crippen LogP contribution >= 0.6 is 11.8 Å². The zero-order valence-electron chi connectivity index (χ0n) is 9.16.